The van der Waals surface area contributed by atoms with Crippen LogP contribution in [-0.2, 0) is 10.2 Å². The third kappa shape index (κ3) is 4.65. The maximum absolute atomic E-state index is 13.7. The molecule has 0 N–H and O–H groups in total. The lowest BCUT2D eigenvalue weighted by atomic mass is 9.63. The molecule has 2 aliphatic heterocycles. The number of rotatable bonds is 6. The summed E-state index contributed by atoms with van der Waals surface area (Å²) in [6.07, 6.45) is 5.36. The van der Waals surface area contributed by atoms with Crippen LogP contribution in [0.2, 0.25) is 5.02 Å². The number of anilines is 1. The molecule has 1 saturated carbocycles. The SMILES string of the molecule is COc1ccccc1N1CCN(CC2CCCN(C(=O)C3(c4ccc(Cl)cc4)CCC3)C2)CC1. The van der Waals surface area contributed by atoms with E-state index in [1.807, 2.05) is 24.3 Å². The maximum atomic E-state index is 13.7. The van der Waals surface area contributed by atoms with Gasteiger partial charge in [0.25, 0.3) is 0 Å². The highest BCUT2D eigenvalue weighted by atomic mass is 35.5. The first-order valence-corrected chi connectivity index (χ1v) is 13.1. The normalized spacial score (nSPS) is 22.8. The molecule has 1 atom stereocenters. The molecule has 1 unspecified atom stereocenters. The van der Waals surface area contributed by atoms with Gasteiger partial charge in [0.2, 0.25) is 5.91 Å². The van der Waals surface area contributed by atoms with Crippen LogP contribution in [0.25, 0.3) is 0 Å². The molecule has 3 fully saturated rings. The Hall–Kier alpha value is -2.24. The number of piperazine rings is 1. The van der Waals surface area contributed by atoms with Crippen molar-refractivity contribution in [3.63, 3.8) is 0 Å². The van der Waals surface area contributed by atoms with Crippen molar-refractivity contribution in [3.8, 4) is 5.75 Å². The van der Waals surface area contributed by atoms with Gasteiger partial charge in [-0.1, -0.05) is 42.3 Å². The van der Waals surface area contributed by atoms with Crippen molar-refractivity contribution in [2.24, 2.45) is 5.92 Å². The number of ether oxygens (including phenoxy) is 1. The Morgan fingerprint density at radius 3 is 2.41 bits per heavy atom. The molecule has 0 radical (unpaired) electrons. The van der Waals surface area contributed by atoms with E-state index in [0.29, 0.717) is 11.8 Å². The fourth-order valence-corrected chi connectivity index (χ4v) is 6.18. The number of nitrogens with zero attached hydrogens (tertiary/aromatic N) is 3. The van der Waals surface area contributed by atoms with Gasteiger partial charge < -0.3 is 14.5 Å². The molecule has 3 aliphatic rings. The van der Waals surface area contributed by atoms with Crippen LogP contribution in [0.3, 0.4) is 0 Å². The fourth-order valence-electron chi connectivity index (χ4n) is 6.05. The minimum Gasteiger partial charge on any atom is -0.495 e. The summed E-state index contributed by atoms with van der Waals surface area (Å²) < 4.78 is 5.56. The lowest BCUT2D eigenvalue weighted by molar-refractivity contribution is -0.143. The average Bonchev–Trinajstić information content (AvgIpc) is 2.85. The largest absolute Gasteiger partial charge is 0.495 e. The molecule has 2 saturated heterocycles. The quantitative estimate of drug-likeness (QED) is 0.592. The summed E-state index contributed by atoms with van der Waals surface area (Å²) in [6, 6.07) is 16.3. The second kappa shape index (κ2) is 10.2. The third-order valence-corrected chi connectivity index (χ3v) is 8.39. The van der Waals surface area contributed by atoms with Gasteiger partial charge >= 0.3 is 0 Å². The number of amides is 1. The summed E-state index contributed by atoms with van der Waals surface area (Å²) >= 11 is 6.11. The zero-order chi connectivity index (χ0) is 23.5. The van der Waals surface area contributed by atoms with Gasteiger partial charge in [0, 0.05) is 50.8 Å². The predicted octanol–water partition coefficient (Wildman–Crippen LogP) is 4.83. The van der Waals surface area contributed by atoms with Crippen LogP contribution < -0.4 is 9.64 Å². The van der Waals surface area contributed by atoms with E-state index in [1.54, 1.807) is 7.11 Å². The van der Waals surface area contributed by atoms with E-state index in [-0.39, 0.29) is 5.41 Å². The van der Waals surface area contributed by atoms with E-state index in [9.17, 15) is 4.79 Å². The van der Waals surface area contributed by atoms with Crippen LogP contribution in [0, 0.1) is 5.92 Å². The topological polar surface area (TPSA) is 36.0 Å². The Morgan fingerprint density at radius 1 is 1.00 bits per heavy atom. The number of methoxy groups -OCH3 is 1. The number of hydrogen-bond donors (Lipinski definition) is 0. The molecule has 2 heterocycles. The summed E-state index contributed by atoms with van der Waals surface area (Å²) in [4.78, 5) is 20.9. The van der Waals surface area contributed by atoms with Crippen molar-refractivity contribution >= 4 is 23.2 Å². The van der Waals surface area contributed by atoms with E-state index in [1.165, 1.54) is 12.1 Å². The van der Waals surface area contributed by atoms with Crippen molar-refractivity contribution in [1.82, 2.24) is 9.80 Å². The first-order chi connectivity index (χ1) is 16.6. The van der Waals surface area contributed by atoms with Gasteiger partial charge in [0.1, 0.15) is 5.75 Å². The van der Waals surface area contributed by atoms with Gasteiger partial charge in [-0.25, -0.2) is 0 Å². The number of piperidine rings is 1. The number of hydrogen-bond acceptors (Lipinski definition) is 4. The number of carbonyl (C=O) groups is 1. The number of carbonyl (C=O) groups excluding carboxylic acids is 1. The van der Waals surface area contributed by atoms with Gasteiger partial charge in [-0.2, -0.15) is 0 Å². The Labute approximate surface area is 208 Å². The zero-order valence-electron chi connectivity index (χ0n) is 20.2. The smallest absolute Gasteiger partial charge is 0.233 e. The summed E-state index contributed by atoms with van der Waals surface area (Å²) in [5.41, 5.74) is 2.00. The molecule has 1 aliphatic carbocycles. The van der Waals surface area contributed by atoms with Gasteiger partial charge in [-0.15, -0.1) is 0 Å². The highest BCUT2D eigenvalue weighted by Crippen LogP contribution is 2.46. The van der Waals surface area contributed by atoms with Gasteiger partial charge in [-0.05, 0) is 61.4 Å². The highest BCUT2D eigenvalue weighted by Gasteiger charge is 2.48. The number of halogens is 1. The minimum atomic E-state index is -0.327. The molecule has 2 aromatic rings. The molecule has 2 aromatic carbocycles. The fraction of sp³-hybridized carbons (Fsp3) is 0.536. The Balaban J connectivity index is 1.18. The molecule has 34 heavy (non-hydrogen) atoms. The Kier molecular flexibility index (Phi) is 7.03. The van der Waals surface area contributed by atoms with E-state index >= 15 is 0 Å². The Morgan fingerprint density at radius 2 is 1.74 bits per heavy atom. The first-order valence-electron chi connectivity index (χ1n) is 12.7. The van der Waals surface area contributed by atoms with Crippen LogP contribution in [0.1, 0.15) is 37.7 Å². The summed E-state index contributed by atoms with van der Waals surface area (Å²) in [6.45, 7) is 6.99. The van der Waals surface area contributed by atoms with Gasteiger partial charge in [0.15, 0.2) is 0 Å². The molecular weight excluding hydrogens is 446 g/mol. The lowest BCUT2D eigenvalue weighted by Gasteiger charge is -2.46. The number of para-hydroxylation sites is 2. The molecule has 0 bridgehead atoms. The monoisotopic (exact) mass is 481 g/mol. The van der Waals surface area contributed by atoms with Crippen molar-refractivity contribution < 1.29 is 9.53 Å². The minimum absolute atomic E-state index is 0.327. The van der Waals surface area contributed by atoms with Crippen molar-refractivity contribution in [2.45, 2.75) is 37.5 Å². The van der Waals surface area contributed by atoms with Crippen LogP contribution >= 0.6 is 11.6 Å². The molecule has 5 rings (SSSR count). The van der Waals surface area contributed by atoms with Crippen molar-refractivity contribution in [1.29, 1.82) is 0 Å². The first kappa shape index (κ1) is 23.5. The standard InChI is InChI=1S/C28H36ClN3O2/c1-34-26-8-3-2-7-25(26)31-18-16-30(17-19-31)20-22-6-4-15-32(21-22)27(33)28(13-5-14-28)23-9-11-24(29)12-10-23/h2-3,7-12,22H,4-6,13-21H2,1H3. The summed E-state index contributed by atoms with van der Waals surface area (Å²) in [5.74, 6) is 1.84. The number of likely N-dealkylation sites (tertiary alicyclic amines) is 1. The van der Waals surface area contributed by atoms with E-state index in [2.05, 4.69) is 39.0 Å². The molecule has 1 amide bonds. The van der Waals surface area contributed by atoms with Crippen molar-refractivity contribution in [2.75, 3.05) is 57.8 Å². The third-order valence-electron chi connectivity index (χ3n) is 8.13. The lowest BCUT2D eigenvalue weighted by Crippen LogP contribution is -2.55. The number of benzene rings is 2. The van der Waals surface area contributed by atoms with Crippen LogP contribution in [0.4, 0.5) is 5.69 Å². The predicted molar refractivity (Wildman–Crippen MR) is 138 cm³/mol. The zero-order valence-corrected chi connectivity index (χ0v) is 21.0. The molecule has 5 nitrogen and oxygen atoms in total. The van der Waals surface area contributed by atoms with E-state index in [0.717, 1.165) is 87.8 Å². The van der Waals surface area contributed by atoms with Crippen LogP contribution in [0.5, 0.6) is 5.75 Å². The summed E-state index contributed by atoms with van der Waals surface area (Å²) in [5, 5.41) is 0.731. The van der Waals surface area contributed by atoms with Gasteiger partial charge in [0.05, 0.1) is 18.2 Å². The second-order valence-electron chi connectivity index (χ2n) is 10.2. The molecule has 0 aromatic heterocycles. The molecule has 0 spiro atoms. The maximum Gasteiger partial charge on any atom is 0.233 e. The molecule has 6 heteroatoms. The van der Waals surface area contributed by atoms with E-state index < -0.39 is 0 Å². The van der Waals surface area contributed by atoms with Crippen LogP contribution in [0.15, 0.2) is 48.5 Å². The van der Waals surface area contributed by atoms with Crippen molar-refractivity contribution in [3.05, 3.63) is 59.1 Å². The van der Waals surface area contributed by atoms with Gasteiger partial charge in [-0.3, -0.25) is 9.69 Å². The van der Waals surface area contributed by atoms with E-state index in [4.69, 9.17) is 16.3 Å². The highest BCUT2D eigenvalue weighted by molar-refractivity contribution is 6.30. The summed E-state index contributed by atoms with van der Waals surface area (Å²) in [7, 11) is 1.74. The second-order valence-corrected chi connectivity index (χ2v) is 10.6. The molecule has 182 valence electrons. The molecular formula is C28H36ClN3O2. The average molecular weight is 482 g/mol. The Bertz CT molecular complexity index is 983. The van der Waals surface area contributed by atoms with Crippen LogP contribution in [-0.4, -0.2) is 68.6 Å².